The highest BCUT2D eigenvalue weighted by Crippen LogP contribution is 2.68. The number of hydrogen-bond acceptors (Lipinski definition) is 5. The van der Waals surface area contributed by atoms with E-state index in [1.807, 2.05) is 20.8 Å². The van der Waals surface area contributed by atoms with Gasteiger partial charge < -0.3 is 13.9 Å². The Morgan fingerprint density at radius 3 is 2.43 bits per heavy atom. The van der Waals surface area contributed by atoms with E-state index in [0.717, 1.165) is 19.3 Å². The smallest absolute Gasteiger partial charge is 0.313 e. The average molecular weight is 411 g/mol. The number of hydrogen-bond donors (Lipinski definition) is 0. The Labute approximate surface area is 171 Å². The van der Waals surface area contributed by atoms with Crippen LogP contribution in [0.15, 0.2) is 0 Å². The fourth-order valence-corrected chi connectivity index (χ4v) is 6.30. The molecule has 160 valence electrons. The molecule has 28 heavy (non-hydrogen) atoms. The van der Waals surface area contributed by atoms with Gasteiger partial charge in [-0.25, -0.2) is 0 Å². The van der Waals surface area contributed by atoms with Crippen LogP contribution in [-0.4, -0.2) is 38.1 Å². The lowest BCUT2D eigenvalue weighted by atomic mass is 9.76. The third-order valence-electron chi connectivity index (χ3n) is 7.62. The van der Waals surface area contributed by atoms with Crippen molar-refractivity contribution in [3.63, 3.8) is 0 Å². The molecule has 2 aliphatic carbocycles. The van der Waals surface area contributed by atoms with Gasteiger partial charge in [-0.1, -0.05) is 27.2 Å². The number of ether oxygens (including phenoxy) is 2. The van der Waals surface area contributed by atoms with Gasteiger partial charge in [-0.2, -0.15) is 0 Å². The lowest BCUT2D eigenvalue weighted by molar-refractivity contribution is -0.181. The fourth-order valence-electron chi connectivity index (χ4n) is 5.26. The van der Waals surface area contributed by atoms with E-state index in [0.29, 0.717) is 19.4 Å². The summed E-state index contributed by atoms with van der Waals surface area (Å²) in [6.07, 6.45) is 3.90. The molecule has 1 aliphatic heterocycles. The van der Waals surface area contributed by atoms with Crippen LogP contribution in [0, 0.1) is 17.3 Å². The largest absolute Gasteiger partial charge is 0.460 e. The van der Waals surface area contributed by atoms with E-state index < -0.39 is 24.9 Å². The maximum absolute atomic E-state index is 12.8. The Kier molecular flexibility index (Phi) is 5.11. The molecule has 2 saturated carbocycles. The van der Waals surface area contributed by atoms with Crippen molar-refractivity contribution in [1.82, 2.24) is 0 Å². The van der Waals surface area contributed by atoms with Crippen molar-refractivity contribution < 1.29 is 23.5 Å². The van der Waals surface area contributed by atoms with Gasteiger partial charge in [0.15, 0.2) is 8.32 Å². The second-order valence-corrected chi connectivity index (χ2v) is 16.5. The first-order valence-corrected chi connectivity index (χ1v) is 13.6. The van der Waals surface area contributed by atoms with E-state index in [2.05, 4.69) is 33.9 Å². The zero-order valence-electron chi connectivity index (χ0n) is 18.9. The van der Waals surface area contributed by atoms with E-state index >= 15 is 0 Å². The van der Waals surface area contributed by atoms with Crippen LogP contribution in [0.25, 0.3) is 0 Å². The number of esters is 2. The molecule has 5 nitrogen and oxygen atoms in total. The van der Waals surface area contributed by atoms with Gasteiger partial charge in [0.25, 0.3) is 0 Å². The summed E-state index contributed by atoms with van der Waals surface area (Å²) in [6.45, 7) is 17.1. The average Bonchev–Trinajstić information content (AvgIpc) is 3.10. The topological polar surface area (TPSA) is 61.8 Å². The summed E-state index contributed by atoms with van der Waals surface area (Å²) in [7, 11) is -1.99. The Morgan fingerprint density at radius 1 is 1.21 bits per heavy atom. The summed E-state index contributed by atoms with van der Waals surface area (Å²) < 4.78 is 18.2. The molecule has 6 heteroatoms. The Hall–Kier alpha value is -0.883. The molecule has 0 aromatic rings. The van der Waals surface area contributed by atoms with Crippen molar-refractivity contribution in [2.75, 3.05) is 6.61 Å². The Balaban J connectivity index is 1.84. The molecule has 0 unspecified atom stereocenters. The van der Waals surface area contributed by atoms with Gasteiger partial charge in [0.1, 0.15) is 11.2 Å². The molecular formula is C22H38O5Si. The molecule has 0 radical (unpaired) electrons. The number of carbonyl (C=O) groups is 2. The highest BCUT2D eigenvalue weighted by molar-refractivity contribution is 6.74. The molecule has 1 heterocycles. The van der Waals surface area contributed by atoms with Crippen LogP contribution in [0.4, 0.5) is 0 Å². The predicted octanol–water partition coefficient (Wildman–Crippen LogP) is 4.84. The Bertz CT molecular complexity index is 659. The summed E-state index contributed by atoms with van der Waals surface area (Å²) >= 11 is 0. The number of fused-ring (bicyclic) bond motifs is 1. The monoisotopic (exact) mass is 410 g/mol. The molecule has 2 bridgehead atoms. The van der Waals surface area contributed by atoms with Crippen LogP contribution in [0.2, 0.25) is 18.1 Å². The van der Waals surface area contributed by atoms with Crippen molar-refractivity contribution in [2.24, 2.45) is 17.3 Å². The highest BCUT2D eigenvalue weighted by atomic mass is 28.4. The van der Waals surface area contributed by atoms with Crippen molar-refractivity contribution in [3.05, 3.63) is 0 Å². The van der Waals surface area contributed by atoms with E-state index in [1.165, 1.54) is 0 Å². The quantitative estimate of drug-likeness (QED) is 0.479. The van der Waals surface area contributed by atoms with E-state index in [-0.39, 0.29) is 28.8 Å². The molecule has 0 amide bonds. The lowest BCUT2D eigenvalue weighted by Crippen LogP contribution is -2.51. The van der Waals surface area contributed by atoms with Gasteiger partial charge in [0.2, 0.25) is 0 Å². The predicted molar refractivity (Wildman–Crippen MR) is 110 cm³/mol. The normalized spacial score (nSPS) is 35.1. The van der Waals surface area contributed by atoms with E-state index in [4.69, 9.17) is 13.9 Å². The number of rotatable bonds is 5. The van der Waals surface area contributed by atoms with Crippen LogP contribution in [0.3, 0.4) is 0 Å². The number of carbonyl (C=O) groups excluding carboxylic acids is 2. The molecule has 1 spiro atoms. The van der Waals surface area contributed by atoms with Crippen molar-refractivity contribution in [3.8, 4) is 0 Å². The van der Waals surface area contributed by atoms with Gasteiger partial charge in [-0.3, -0.25) is 9.59 Å². The first-order chi connectivity index (χ1) is 12.6. The molecule has 3 aliphatic rings. The minimum atomic E-state index is -1.99. The van der Waals surface area contributed by atoms with Crippen molar-refractivity contribution in [2.45, 2.75) is 103 Å². The van der Waals surface area contributed by atoms with Gasteiger partial charge in [-0.05, 0) is 57.7 Å². The Morgan fingerprint density at radius 2 is 1.86 bits per heavy atom. The van der Waals surface area contributed by atoms with Gasteiger partial charge in [-0.15, -0.1) is 0 Å². The molecule has 4 atom stereocenters. The van der Waals surface area contributed by atoms with Crippen LogP contribution >= 0.6 is 0 Å². The van der Waals surface area contributed by atoms with Crippen LogP contribution in [0.1, 0.15) is 73.6 Å². The SMILES string of the molecule is CC(C)(C)OC(=O)C[C@@H]1[C@@H]2CCC[C@]23C[C@@]1(CO[Si](C)(C)C(C)(C)C)OC3=O. The zero-order chi connectivity index (χ0) is 21.2. The van der Waals surface area contributed by atoms with Crippen LogP contribution in [-0.2, 0) is 23.5 Å². The van der Waals surface area contributed by atoms with Gasteiger partial charge in [0, 0.05) is 12.3 Å². The molecule has 3 rings (SSSR count). The first kappa shape index (κ1) is 21.8. The van der Waals surface area contributed by atoms with Crippen LogP contribution < -0.4 is 0 Å². The summed E-state index contributed by atoms with van der Waals surface area (Å²) in [5, 5.41) is 0.0824. The summed E-state index contributed by atoms with van der Waals surface area (Å²) in [5.41, 5.74) is -1.58. The first-order valence-electron chi connectivity index (χ1n) is 10.7. The van der Waals surface area contributed by atoms with Gasteiger partial charge in [0.05, 0.1) is 18.4 Å². The minimum Gasteiger partial charge on any atom is -0.460 e. The maximum atomic E-state index is 12.8. The maximum Gasteiger partial charge on any atom is 0.313 e. The zero-order valence-corrected chi connectivity index (χ0v) is 19.9. The summed E-state index contributed by atoms with van der Waals surface area (Å²) in [6, 6.07) is 0. The summed E-state index contributed by atoms with van der Waals surface area (Å²) in [5.74, 6) is -0.0549. The second-order valence-electron chi connectivity index (χ2n) is 11.7. The standard InChI is InChI=1S/C22H38O5Si/c1-19(2,3)26-17(23)12-16-15-10-9-11-21(15)13-22(16,27-18(21)24)14-25-28(7,8)20(4,5)6/h15-16H,9-14H2,1-8H3/t15-,16+,21-,22-/m0/s1. The third kappa shape index (κ3) is 3.55. The second kappa shape index (κ2) is 6.56. The molecular weight excluding hydrogens is 372 g/mol. The van der Waals surface area contributed by atoms with Gasteiger partial charge >= 0.3 is 11.9 Å². The fraction of sp³-hybridized carbons (Fsp3) is 0.909. The molecule has 3 fully saturated rings. The van der Waals surface area contributed by atoms with E-state index in [1.54, 1.807) is 0 Å². The molecule has 1 saturated heterocycles. The lowest BCUT2D eigenvalue weighted by Gasteiger charge is -2.42. The minimum absolute atomic E-state index is 0.00711. The van der Waals surface area contributed by atoms with E-state index in [9.17, 15) is 9.59 Å². The van der Waals surface area contributed by atoms with Crippen LogP contribution in [0.5, 0.6) is 0 Å². The van der Waals surface area contributed by atoms with Crippen molar-refractivity contribution in [1.29, 1.82) is 0 Å². The van der Waals surface area contributed by atoms with Crippen molar-refractivity contribution >= 4 is 20.3 Å². The highest BCUT2D eigenvalue weighted by Gasteiger charge is 2.73. The molecule has 0 aromatic heterocycles. The molecule has 0 N–H and O–H groups in total. The summed E-state index contributed by atoms with van der Waals surface area (Å²) in [4.78, 5) is 25.5. The third-order valence-corrected chi connectivity index (χ3v) is 12.1. The molecule has 0 aromatic carbocycles.